The summed E-state index contributed by atoms with van der Waals surface area (Å²) in [6, 6.07) is 19.8. The largest absolute Gasteiger partial charge is 0.383 e. The van der Waals surface area contributed by atoms with Crippen molar-refractivity contribution in [3.63, 3.8) is 0 Å². The van der Waals surface area contributed by atoms with Crippen LogP contribution < -0.4 is 10.6 Å². The van der Waals surface area contributed by atoms with Crippen LogP contribution in [0.2, 0.25) is 0 Å². The van der Waals surface area contributed by atoms with Crippen LogP contribution in [-0.4, -0.2) is 24.9 Å². The van der Waals surface area contributed by atoms with Gasteiger partial charge < -0.3 is 10.6 Å². The molecule has 0 spiro atoms. The zero-order valence-corrected chi connectivity index (χ0v) is 14.3. The average molecular weight is 331 g/mol. The summed E-state index contributed by atoms with van der Waals surface area (Å²) < 4.78 is 0. The van der Waals surface area contributed by atoms with Crippen LogP contribution in [0.1, 0.15) is 19.4 Å². The Bertz CT molecular complexity index is 639. The Morgan fingerprint density at radius 1 is 0.957 bits per heavy atom. The lowest BCUT2D eigenvalue weighted by Gasteiger charge is -2.22. The Hall–Kier alpha value is -2.33. The van der Waals surface area contributed by atoms with Crippen LogP contribution in [0.15, 0.2) is 70.6 Å². The van der Waals surface area contributed by atoms with Gasteiger partial charge in [0.15, 0.2) is 0 Å². The highest BCUT2D eigenvalue weighted by Gasteiger charge is 2.11. The Morgan fingerprint density at radius 2 is 1.52 bits per heavy atom. The van der Waals surface area contributed by atoms with Crippen molar-refractivity contribution in [2.24, 2.45) is 15.7 Å². The van der Waals surface area contributed by atoms with E-state index < -0.39 is 0 Å². The predicted molar refractivity (Wildman–Crippen MR) is 102 cm³/mol. The van der Waals surface area contributed by atoms with Crippen molar-refractivity contribution in [1.82, 2.24) is 0 Å². The van der Waals surface area contributed by atoms with Crippen molar-refractivity contribution in [2.45, 2.75) is 13.8 Å². The maximum atomic E-state index is 6.14. The van der Waals surface area contributed by atoms with Crippen LogP contribution >= 0.6 is 12.4 Å². The number of halogens is 1. The van der Waals surface area contributed by atoms with Gasteiger partial charge in [0.2, 0.25) is 5.96 Å². The first-order valence-corrected chi connectivity index (χ1v) is 7.52. The molecule has 0 fully saturated rings. The average Bonchev–Trinajstić information content (AvgIpc) is 2.57. The minimum absolute atomic E-state index is 0. The van der Waals surface area contributed by atoms with Gasteiger partial charge in [-0.3, -0.25) is 4.99 Å². The van der Waals surface area contributed by atoms with Gasteiger partial charge in [0.05, 0.1) is 0 Å². The second-order valence-corrected chi connectivity index (χ2v) is 4.72. The Kier molecular flexibility index (Phi) is 7.84. The standard InChI is InChI=1S/C18H22N4.ClH/c1-3-20-18(21-17(19)15-11-7-5-8-12-15)22(4-2)16-13-9-6-10-14-16;/h5-14H,3-4H2,1-2H3,(H2,19,20,21);1H. The molecule has 23 heavy (non-hydrogen) atoms. The summed E-state index contributed by atoms with van der Waals surface area (Å²) in [7, 11) is 0. The third-order valence-corrected chi connectivity index (χ3v) is 3.22. The van der Waals surface area contributed by atoms with Crippen LogP contribution in [0.25, 0.3) is 0 Å². The lowest BCUT2D eigenvalue weighted by atomic mass is 10.2. The van der Waals surface area contributed by atoms with Crippen molar-refractivity contribution < 1.29 is 0 Å². The van der Waals surface area contributed by atoms with Gasteiger partial charge in [0.25, 0.3) is 0 Å². The van der Waals surface area contributed by atoms with Gasteiger partial charge in [0, 0.05) is 24.3 Å². The lowest BCUT2D eigenvalue weighted by Crippen LogP contribution is -2.31. The van der Waals surface area contributed by atoms with Gasteiger partial charge in [-0.25, -0.2) is 0 Å². The molecule has 0 aliphatic carbocycles. The summed E-state index contributed by atoms with van der Waals surface area (Å²) in [6.07, 6.45) is 0. The number of nitrogens with two attached hydrogens (primary N) is 1. The molecule has 0 aliphatic rings. The minimum Gasteiger partial charge on any atom is -0.383 e. The smallest absolute Gasteiger partial charge is 0.227 e. The van der Waals surface area contributed by atoms with E-state index in [9.17, 15) is 0 Å². The van der Waals surface area contributed by atoms with Gasteiger partial charge >= 0.3 is 0 Å². The molecule has 0 aromatic heterocycles. The molecular formula is C18H23ClN4. The third kappa shape index (κ3) is 5.11. The first-order valence-electron chi connectivity index (χ1n) is 7.52. The highest BCUT2D eigenvalue weighted by Crippen LogP contribution is 2.14. The number of hydrogen-bond acceptors (Lipinski definition) is 1. The first-order chi connectivity index (χ1) is 10.8. The molecule has 0 saturated heterocycles. The van der Waals surface area contributed by atoms with E-state index in [-0.39, 0.29) is 12.4 Å². The Labute approximate surface area is 144 Å². The van der Waals surface area contributed by atoms with Gasteiger partial charge in [0.1, 0.15) is 5.84 Å². The second kappa shape index (κ2) is 9.64. The van der Waals surface area contributed by atoms with Crippen molar-refractivity contribution in [1.29, 1.82) is 0 Å². The highest BCUT2D eigenvalue weighted by molar-refractivity contribution is 6.09. The summed E-state index contributed by atoms with van der Waals surface area (Å²) in [4.78, 5) is 11.1. The molecule has 2 aromatic rings. The highest BCUT2D eigenvalue weighted by atomic mass is 35.5. The molecule has 0 atom stereocenters. The van der Waals surface area contributed by atoms with Crippen molar-refractivity contribution in [3.8, 4) is 0 Å². The number of anilines is 1. The second-order valence-electron chi connectivity index (χ2n) is 4.72. The number of benzene rings is 2. The number of nitrogens with zero attached hydrogens (tertiary/aromatic N) is 3. The van der Waals surface area contributed by atoms with Crippen LogP contribution in [0.5, 0.6) is 0 Å². The monoisotopic (exact) mass is 330 g/mol. The van der Waals surface area contributed by atoms with Gasteiger partial charge in [-0.2, -0.15) is 4.99 Å². The molecule has 0 aliphatic heterocycles. The number of rotatable bonds is 4. The number of amidine groups is 1. The van der Waals surface area contributed by atoms with Crippen molar-refractivity contribution in [2.75, 3.05) is 18.0 Å². The minimum atomic E-state index is 0. The predicted octanol–water partition coefficient (Wildman–Crippen LogP) is 3.72. The quantitative estimate of drug-likeness (QED) is 0.686. The molecule has 5 heteroatoms. The fourth-order valence-corrected chi connectivity index (χ4v) is 2.15. The fourth-order valence-electron chi connectivity index (χ4n) is 2.15. The van der Waals surface area contributed by atoms with Crippen LogP contribution in [-0.2, 0) is 0 Å². The first kappa shape index (κ1) is 18.7. The number of guanidine groups is 1. The maximum absolute atomic E-state index is 6.14. The zero-order valence-electron chi connectivity index (χ0n) is 13.5. The molecule has 2 aromatic carbocycles. The Balaban J connectivity index is 0.00000264. The molecule has 0 heterocycles. The molecular weight excluding hydrogens is 308 g/mol. The van der Waals surface area contributed by atoms with E-state index in [0.717, 1.165) is 17.8 Å². The lowest BCUT2D eigenvalue weighted by molar-refractivity contribution is 1.01. The van der Waals surface area contributed by atoms with E-state index in [1.807, 2.05) is 67.6 Å². The SMILES string of the molecule is CCN=C(N=C(N)c1ccccc1)N(CC)c1ccccc1.Cl. The molecule has 0 saturated carbocycles. The van der Waals surface area contributed by atoms with Crippen LogP contribution in [0.3, 0.4) is 0 Å². The van der Waals surface area contributed by atoms with E-state index in [2.05, 4.69) is 21.8 Å². The fraction of sp³-hybridized carbons (Fsp3) is 0.222. The molecule has 0 bridgehead atoms. The van der Waals surface area contributed by atoms with Crippen molar-refractivity contribution >= 4 is 29.9 Å². The Morgan fingerprint density at radius 3 is 2.04 bits per heavy atom. The molecule has 122 valence electrons. The van der Waals surface area contributed by atoms with Crippen molar-refractivity contribution in [3.05, 3.63) is 66.2 Å². The van der Waals surface area contributed by atoms with E-state index in [1.54, 1.807) is 0 Å². The molecule has 0 radical (unpaired) electrons. The molecule has 0 amide bonds. The summed E-state index contributed by atoms with van der Waals surface area (Å²) in [5, 5.41) is 0. The van der Waals surface area contributed by atoms with Gasteiger partial charge in [-0.1, -0.05) is 48.5 Å². The third-order valence-electron chi connectivity index (χ3n) is 3.22. The van der Waals surface area contributed by atoms with E-state index in [0.29, 0.717) is 18.3 Å². The van der Waals surface area contributed by atoms with Crippen LogP contribution in [0.4, 0.5) is 5.69 Å². The maximum Gasteiger partial charge on any atom is 0.227 e. The van der Waals surface area contributed by atoms with E-state index in [1.165, 1.54) is 0 Å². The molecule has 2 N–H and O–H groups in total. The molecule has 2 rings (SSSR count). The van der Waals surface area contributed by atoms with Crippen LogP contribution in [0, 0.1) is 0 Å². The van der Waals surface area contributed by atoms with Gasteiger partial charge in [-0.05, 0) is 26.0 Å². The number of para-hydroxylation sites is 1. The van der Waals surface area contributed by atoms with Gasteiger partial charge in [-0.15, -0.1) is 12.4 Å². The normalized spacial score (nSPS) is 11.7. The van der Waals surface area contributed by atoms with E-state index in [4.69, 9.17) is 5.73 Å². The number of hydrogen-bond donors (Lipinski definition) is 1. The summed E-state index contributed by atoms with van der Waals surface area (Å²) in [5.41, 5.74) is 8.10. The summed E-state index contributed by atoms with van der Waals surface area (Å²) >= 11 is 0. The summed E-state index contributed by atoms with van der Waals surface area (Å²) in [5.74, 6) is 1.11. The molecule has 4 nitrogen and oxygen atoms in total. The topological polar surface area (TPSA) is 54.0 Å². The van der Waals surface area contributed by atoms with E-state index >= 15 is 0 Å². The zero-order chi connectivity index (χ0) is 15.8. The summed E-state index contributed by atoms with van der Waals surface area (Å²) in [6.45, 7) is 5.50. The molecule has 0 unspecified atom stereocenters. The number of aliphatic imine (C=N–C) groups is 2.